The van der Waals surface area contributed by atoms with Crippen LogP contribution in [0.15, 0.2) is 42.5 Å². The molecule has 1 aromatic heterocycles. The number of nitrogens with one attached hydrogen (secondary N) is 2. The van der Waals surface area contributed by atoms with E-state index in [0.717, 1.165) is 16.5 Å². The zero-order valence-electron chi connectivity index (χ0n) is 11.3. The first-order chi connectivity index (χ1) is 10.0. The van der Waals surface area contributed by atoms with E-state index >= 15 is 0 Å². The molecule has 0 atom stereocenters. The third-order valence-electron chi connectivity index (χ3n) is 3.31. The van der Waals surface area contributed by atoms with Gasteiger partial charge in [0.15, 0.2) is 0 Å². The third kappa shape index (κ3) is 2.58. The number of fused-ring (bicyclic) bond motifs is 1. The number of H-pyrrole nitrogens is 1. The minimum absolute atomic E-state index is 0.169. The molecule has 3 rings (SSSR count). The van der Waals surface area contributed by atoms with Crippen LogP contribution in [0.5, 0.6) is 5.75 Å². The highest BCUT2D eigenvalue weighted by Crippen LogP contribution is 2.25. The average molecular weight is 301 g/mol. The van der Waals surface area contributed by atoms with Crippen molar-refractivity contribution in [1.29, 1.82) is 0 Å². The SMILES string of the molecule is Cc1cc(O)ccc1NC(=O)c1cc2cccc(Cl)c2[nH]1. The predicted octanol–water partition coefficient (Wildman–Crippen LogP) is 4.09. The molecule has 3 aromatic rings. The zero-order chi connectivity index (χ0) is 15.0. The van der Waals surface area contributed by atoms with Crippen molar-refractivity contribution in [2.75, 3.05) is 5.32 Å². The standard InChI is InChI=1S/C16H13ClN2O2/c1-9-7-11(20)5-6-13(9)19-16(21)14-8-10-3-2-4-12(17)15(10)18-14/h2-8,18,20H,1H3,(H,19,21). The highest BCUT2D eigenvalue weighted by atomic mass is 35.5. The molecule has 4 nitrogen and oxygen atoms in total. The first kappa shape index (κ1) is 13.5. The van der Waals surface area contributed by atoms with Crippen molar-refractivity contribution in [1.82, 2.24) is 4.98 Å². The van der Waals surface area contributed by atoms with Gasteiger partial charge in [-0.1, -0.05) is 23.7 Å². The van der Waals surface area contributed by atoms with Crippen molar-refractivity contribution < 1.29 is 9.90 Å². The lowest BCUT2D eigenvalue weighted by Crippen LogP contribution is -2.12. The zero-order valence-corrected chi connectivity index (χ0v) is 12.0. The highest BCUT2D eigenvalue weighted by Gasteiger charge is 2.12. The molecule has 3 N–H and O–H groups in total. The van der Waals surface area contributed by atoms with Crippen molar-refractivity contribution in [3.63, 3.8) is 0 Å². The summed E-state index contributed by atoms with van der Waals surface area (Å²) in [5.74, 6) is -0.0843. The van der Waals surface area contributed by atoms with E-state index in [-0.39, 0.29) is 11.7 Å². The smallest absolute Gasteiger partial charge is 0.272 e. The van der Waals surface area contributed by atoms with E-state index in [1.165, 1.54) is 6.07 Å². The van der Waals surface area contributed by atoms with Gasteiger partial charge in [0.2, 0.25) is 0 Å². The molecule has 0 aliphatic carbocycles. The summed E-state index contributed by atoms with van der Waals surface area (Å²) in [6.45, 7) is 1.82. The maximum Gasteiger partial charge on any atom is 0.272 e. The van der Waals surface area contributed by atoms with Gasteiger partial charge in [0.1, 0.15) is 11.4 Å². The number of anilines is 1. The number of hydrogen-bond acceptors (Lipinski definition) is 2. The quantitative estimate of drug-likeness (QED) is 0.624. The molecule has 0 saturated heterocycles. The van der Waals surface area contributed by atoms with Crippen LogP contribution in [0, 0.1) is 6.92 Å². The van der Waals surface area contributed by atoms with E-state index in [2.05, 4.69) is 10.3 Å². The van der Waals surface area contributed by atoms with Crippen LogP contribution < -0.4 is 5.32 Å². The average Bonchev–Trinajstić information content (AvgIpc) is 2.87. The summed E-state index contributed by atoms with van der Waals surface area (Å²) in [5, 5.41) is 13.7. The van der Waals surface area contributed by atoms with Gasteiger partial charge in [-0.2, -0.15) is 0 Å². The van der Waals surface area contributed by atoms with Crippen LogP contribution >= 0.6 is 11.6 Å². The number of hydrogen-bond donors (Lipinski definition) is 3. The van der Waals surface area contributed by atoms with Gasteiger partial charge >= 0.3 is 0 Å². The first-order valence-corrected chi connectivity index (χ1v) is 6.80. The van der Waals surface area contributed by atoms with Crippen molar-refractivity contribution in [2.24, 2.45) is 0 Å². The molecule has 2 aromatic carbocycles. The van der Waals surface area contributed by atoms with Crippen LogP contribution in [0.4, 0.5) is 5.69 Å². The number of aromatic hydroxyl groups is 1. The minimum atomic E-state index is -0.254. The summed E-state index contributed by atoms with van der Waals surface area (Å²) in [6, 6.07) is 12.0. The number of aromatic nitrogens is 1. The van der Waals surface area contributed by atoms with E-state index < -0.39 is 0 Å². The molecule has 106 valence electrons. The number of aromatic amines is 1. The highest BCUT2D eigenvalue weighted by molar-refractivity contribution is 6.35. The van der Waals surface area contributed by atoms with Gasteiger partial charge in [-0.05, 0) is 42.8 Å². The summed E-state index contributed by atoms with van der Waals surface area (Å²) < 4.78 is 0. The number of benzene rings is 2. The van der Waals surface area contributed by atoms with E-state index in [9.17, 15) is 9.90 Å². The molecule has 0 fully saturated rings. The lowest BCUT2D eigenvalue weighted by Gasteiger charge is -2.07. The molecule has 21 heavy (non-hydrogen) atoms. The van der Waals surface area contributed by atoms with E-state index in [4.69, 9.17) is 11.6 Å². The van der Waals surface area contributed by atoms with Crippen LogP contribution in [0.3, 0.4) is 0 Å². The second-order valence-corrected chi connectivity index (χ2v) is 5.25. The summed E-state index contributed by atoms with van der Waals surface area (Å²) in [4.78, 5) is 15.3. The lowest BCUT2D eigenvalue weighted by molar-refractivity contribution is 0.102. The summed E-state index contributed by atoms with van der Waals surface area (Å²) in [5.41, 5.74) is 2.62. The van der Waals surface area contributed by atoms with Crippen molar-refractivity contribution in [3.05, 3.63) is 58.7 Å². The van der Waals surface area contributed by atoms with Gasteiger partial charge in [-0.25, -0.2) is 0 Å². The van der Waals surface area contributed by atoms with Gasteiger partial charge < -0.3 is 15.4 Å². The van der Waals surface area contributed by atoms with Gasteiger partial charge in [0.25, 0.3) is 5.91 Å². The van der Waals surface area contributed by atoms with Gasteiger partial charge in [-0.15, -0.1) is 0 Å². The van der Waals surface area contributed by atoms with E-state index in [1.54, 1.807) is 24.3 Å². The second kappa shape index (κ2) is 5.14. The molecule has 1 heterocycles. The van der Waals surface area contributed by atoms with Gasteiger partial charge in [0.05, 0.1) is 10.5 Å². The fourth-order valence-corrected chi connectivity index (χ4v) is 2.45. The number of phenolic OH excluding ortho intramolecular Hbond substituents is 1. The number of para-hydroxylation sites is 1. The van der Waals surface area contributed by atoms with Crippen LogP contribution in [-0.2, 0) is 0 Å². The van der Waals surface area contributed by atoms with Gasteiger partial charge in [0, 0.05) is 11.1 Å². The maximum absolute atomic E-state index is 12.3. The Morgan fingerprint density at radius 2 is 2.05 bits per heavy atom. The number of phenols is 1. The Kier molecular flexibility index (Phi) is 3.31. The molecule has 0 bridgehead atoms. The van der Waals surface area contributed by atoms with Crippen LogP contribution in [0.2, 0.25) is 5.02 Å². The number of rotatable bonds is 2. The molecule has 0 spiro atoms. The molecule has 0 aliphatic rings. The molecule has 5 heteroatoms. The summed E-state index contributed by atoms with van der Waals surface area (Å²) >= 11 is 6.09. The molecule has 0 aliphatic heterocycles. The predicted molar refractivity (Wildman–Crippen MR) is 84.1 cm³/mol. The van der Waals surface area contributed by atoms with Crippen molar-refractivity contribution in [2.45, 2.75) is 6.92 Å². The Labute approximate surface area is 126 Å². The fourth-order valence-electron chi connectivity index (χ4n) is 2.22. The number of aryl methyl sites for hydroxylation is 1. The van der Waals surface area contributed by atoms with Crippen LogP contribution in [0.1, 0.15) is 16.1 Å². The normalized spacial score (nSPS) is 10.8. The number of carbonyl (C=O) groups is 1. The summed E-state index contributed by atoms with van der Waals surface area (Å²) in [6.07, 6.45) is 0. The van der Waals surface area contributed by atoms with E-state index in [0.29, 0.717) is 16.4 Å². The Bertz CT molecular complexity index is 839. The summed E-state index contributed by atoms with van der Waals surface area (Å²) in [7, 11) is 0. The number of amides is 1. The van der Waals surface area contributed by atoms with E-state index in [1.807, 2.05) is 19.1 Å². The molecular formula is C16H13ClN2O2. The van der Waals surface area contributed by atoms with Crippen LogP contribution in [-0.4, -0.2) is 16.0 Å². The van der Waals surface area contributed by atoms with Gasteiger partial charge in [-0.3, -0.25) is 4.79 Å². The molecule has 0 unspecified atom stereocenters. The minimum Gasteiger partial charge on any atom is -0.508 e. The number of halogens is 1. The largest absolute Gasteiger partial charge is 0.508 e. The Morgan fingerprint density at radius 3 is 2.76 bits per heavy atom. The lowest BCUT2D eigenvalue weighted by atomic mass is 10.2. The number of carbonyl (C=O) groups excluding carboxylic acids is 1. The second-order valence-electron chi connectivity index (χ2n) is 4.84. The molecule has 0 saturated carbocycles. The Hall–Kier alpha value is -2.46. The fraction of sp³-hybridized carbons (Fsp3) is 0.0625. The third-order valence-corrected chi connectivity index (χ3v) is 3.62. The Morgan fingerprint density at radius 1 is 1.24 bits per heavy atom. The maximum atomic E-state index is 12.3. The Balaban J connectivity index is 1.92. The van der Waals surface area contributed by atoms with Crippen molar-refractivity contribution in [3.8, 4) is 5.75 Å². The van der Waals surface area contributed by atoms with Crippen molar-refractivity contribution >= 4 is 34.1 Å². The molecular weight excluding hydrogens is 288 g/mol. The van der Waals surface area contributed by atoms with Crippen LogP contribution in [0.25, 0.3) is 10.9 Å². The monoisotopic (exact) mass is 300 g/mol. The molecule has 0 radical (unpaired) electrons. The molecule has 1 amide bonds. The topological polar surface area (TPSA) is 65.1 Å². The first-order valence-electron chi connectivity index (χ1n) is 6.43.